The average Bonchev–Trinajstić information content (AvgIpc) is 2.98. The Morgan fingerprint density at radius 3 is 2.85 bits per heavy atom. The van der Waals surface area contributed by atoms with Gasteiger partial charge in [0.25, 0.3) is 5.91 Å². The van der Waals surface area contributed by atoms with Crippen molar-refractivity contribution < 1.29 is 9.53 Å². The molecule has 0 saturated carbocycles. The van der Waals surface area contributed by atoms with Crippen LogP contribution in [0.25, 0.3) is 0 Å². The van der Waals surface area contributed by atoms with E-state index in [4.69, 9.17) is 4.74 Å². The minimum absolute atomic E-state index is 0.0364. The first kappa shape index (κ1) is 15.0. The fraction of sp³-hybridized carbons (Fsp3) is 0.733. The maximum absolute atomic E-state index is 12.6. The SMILES string of the molecule is Cc1cc(C(=O)N(CC(C)C)C[C@H]2CCOC2)nn1C. The molecule has 0 aliphatic carbocycles. The summed E-state index contributed by atoms with van der Waals surface area (Å²) in [4.78, 5) is 14.6. The number of carbonyl (C=O) groups excluding carboxylic acids is 1. The van der Waals surface area contributed by atoms with E-state index in [9.17, 15) is 4.79 Å². The molecule has 1 saturated heterocycles. The van der Waals surface area contributed by atoms with Crippen LogP contribution in [0.2, 0.25) is 0 Å². The fourth-order valence-electron chi connectivity index (χ4n) is 2.55. The molecule has 0 spiro atoms. The van der Waals surface area contributed by atoms with E-state index in [-0.39, 0.29) is 5.91 Å². The van der Waals surface area contributed by atoms with Crippen molar-refractivity contribution in [3.05, 3.63) is 17.5 Å². The summed E-state index contributed by atoms with van der Waals surface area (Å²) < 4.78 is 7.16. The van der Waals surface area contributed by atoms with Crippen LogP contribution < -0.4 is 0 Å². The van der Waals surface area contributed by atoms with Crippen molar-refractivity contribution in [2.24, 2.45) is 18.9 Å². The van der Waals surface area contributed by atoms with Crippen molar-refractivity contribution in [3.63, 3.8) is 0 Å². The van der Waals surface area contributed by atoms with Crippen LogP contribution in [0, 0.1) is 18.8 Å². The molecular formula is C15H25N3O2. The van der Waals surface area contributed by atoms with Gasteiger partial charge < -0.3 is 9.64 Å². The number of ether oxygens (including phenoxy) is 1. The number of nitrogens with zero attached hydrogens (tertiary/aromatic N) is 3. The normalized spacial score (nSPS) is 18.8. The first-order chi connectivity index (χ1) is 9.47. The van der Waals surface area contributed by atoms with Crippen molar-refractivity contribution >= 4 is 5.91 Å². The van der Waals surface area contributed by atoms with Gasteiger partial charge in [0.1, 0.15) is 0 Å². The Balaban J connectivity index is 2.09. The van der Waals surface area contributed by atoms with E-state index in [1.807, 2.05) is 24.9 Å². The highest BCUT2D eigenvalue weighted by atomic mass is 16.5. The monoisotopic (exact) mass is 279 g/mol. The van der Waals surface area contributed by atoms with E-state index in [0.29, 0.717) is 17.5 Å². The number of carbonyl (C=O) groups is 1. The zero-order chi connectivity index (χ0) is 14.7. The maximum Gasteiger partial charge on any atom is 0.274 e. The zero-order valence-electron chi connectivity index (χ0n) is 12.9. The minimum atomic E-state index is 0.0364. The number of hydrogen-bond acceptors (Lipinski definition) is 3. The van der Waals surface area contributed by atoms with Crippen LogP contribution in [0.5, 0.6) is 0 Å². The predicted octanol–water partition coefficient (Wildman–Crippen LogP) is 1.86. The highest BCUT2D eigenvalue weighted by Crippen LogP contribution is 2.17. The predicted molar refractivity (Wildman–Crippen MR) is 77.6 cm³/mol. The molecule has 0 aromatic carbocycles. The molecule has 0 radical (unpaired) electrons. The second-order valence-corrected chi connectivity index (χ2v) is 6.13. The van der Waals surface area contributed by atoms with Crippen molar-refractivity contribution in [1.29, 1.82) is 0 Å². The lowest BCUT2D eigenvalue weighted by atomic mass is 10.1. The molecule has 1 amide bonds. The Bertz CT molecular complexity index is 442. The van der Waals surface area contributed by atoms with Gasteiger partial charge in [0.15, 0.2) is 5.69 Å². The number of amides is 1. The molecule has 1 aliphatic rings. The Labute approximate surface area is 120 Å². The summed E-state index contributed by atoms with van der Waals surface area (Å²) >= 11 is 0. The molecule has 1 fully saturated rings. The fourth-order valence-corrected chi connectivity index (χ4v) is 2.55. The lowest BCUT2D eigenvalue weighted by molar-refractivity contribution is 0.0692. The number of rotatable bonds is 5. The number of aromatic nitrogens is 2. The lowest BCUT2D eigenvalue weighted by Gasteiger charge is -2.26. The third kappa shape index (κ3) is 3.60. The molecule has 5 nitrogen and oxygen atoms in total. The van der Waals surface area contributed by atoms with Gasteiger partial charge in [0.05, 0.1) is 6.61 Å². The summed E-state index contributed by atoms with van der Waals surface area (Å²) in [6.45, 7) is 9.35. The molecule has 1 aliphatic heterocycles. The van der Waals surface area contributed by atoms with E-state index < -0.39 is 0 Å². The van der Waals surface area contributed by atoms with Gasteiger partial charge >= 0.3 is 0 Å². The summed E-state index contributed by atoms with van der Waals surface area (Å²) in [5, 5.41) is 4.31. The summed E-state index contributed by atoms with van der Waals surface area (Å²) in [7, 11) is 1.86. The van der Waals surface area contributed by atoms with Gasteiger partial charge in [0.2, 0.25) is 0 Å². The molecule has 2 rings (SSSR count). The van der Waals surface area contributed by atoms with Crippen LogP contribution in [0.15, 0.2) is 6.07 Å². The van der Waals surface area contributed by atoms with Crippen molar-refractivity contribution in [3.8, 4) is 0 Å². The van der Waals surface area contributed by atoms with Crippen molar-refractivity contribution in [2.75, 3.05) is 26.3 Å². The van der Waals surface area contributed by atoms with Crippen LogP contribution in [0.1, 0.15) is 36.5 Å². The van der Waals surface area contributed by atoms with Gasteiger partial charge in [0, 0.05) is 38.4 Å². The molecule has 1 aromatic heterocycles. The highest BCUT2D eigenvalue weighted by molar-refractivity contribution is 5.92. The van der Waals surface area contributed by atoms with Gasteiger partial charge in [-0.3, -0.25) is 9.48 Å². The smallest absolute Gasteiger partial charge is 0.274 e. The molecule has 1 aromatic rings. The largest absolute Gasteiger partial charge is 0.381 e. The molecule has 1 atom stereocenters. The van der Waals surface area contributed by atoms with Crippen LogP contribution in [-0.2, 0) is 11.8 Å². The Kier molecular flexibility index (Phi) is 4.81. The lowest BCUT2D eigenvalue weighted by Crippen LogP contribution is -2.38. The molecule has 112 valence electrons. The standard InChI is InChI=1S/C15H25N3O2/c1-11(2)8-18(9-13-5-6-20-10-13)15(19)14-7-12(3)17(4)16-14/h7,11,13H,5-6,8-10H2,1-4H3/t13-/m1/s1. The zero-order valence-corrected chi connectivity index (χ0v) is 12.9. The van der Waals surface area contributed by atoms with Crippen LogP contribution >= 0.6 is 0 Å². The van der Waals surface area contributed by atoms with Crippen molar-refractivity contribution in [1.82, 2.24) is 14.7 Å². The first-order valence-corrected chi connectivity index (χ1v) is 7.35. The van der Waals surface area contributed by atoms with Gasteiger partial charge in [-0.05, 0) is 25.3 Å². The van der Waals surface area contributed by atoms with E-state index in [1.165, 1.54) is 0 Å². The molecule has 20 heavy (non-hydrogen) atoms. The van der Waals surface area contributed by atoms with Gasteiger partial charge in [-0.2, -0.15) is 5.10 Å². The average molecular weight is 279 g/mol. The molecule has 5 heteroatoms. The third-order valence-electron chi connectivity index (χ3n) is 3.71. The summed E-state index contributed by atoms with van der Waals surface area (Å²) in [6.07, 6.45) is 1.04. The highest BCUT2D eigenvalue weighted by Gasteiger charge is 2.25. The number of hydrogen-bond donors (Lipinski definition) is 0. The molecule has 2 heterocycles. The Hall–Kier alpha value is -1.36. The summed E-state index contributed by atoms with van der Waals surface area (Å²) in [6, 6.07) is 1.86. The van der Waals surface area contributed by atoms with Crippen LogP contribution in [0.3, 0.4) is 0 Å². The van der Waals surface area contributed by atoms with Crippen molar-refractivity contribution in [2.45, 2.75) is 27.2 Å². The summed E-state index contributed by atoms with van der Waals surface area (Å²) in [5.41, 5.74) is 1.55. The van der Waals surface area contributed by atoms with E-state index >= 15 is 0 Å². The molecular weight excluding hydrogens is 254 g/mol. The Morgan fingerprint density at radius 1 is 1.60 bits per heavy atom. The summed E-state index contributed by atoms with van der Waals surface area (Å²) in [5.74, 6) is 0.947. The van der Waals surface area contributed by atoms with E-state index in [1.54, 1.807) is 4.68 Å². The van der Waals surface area contributed by atoms with Gasteiger partial charge in [-0.1, -0.05) is 13.8 Å². The molecule has 0 N–H and O–H groups in total. The third-order valence-corrected chi connectivity index (χ3v) is 3.71. The van der Waals surface area contributed by atoms with Crippen LogP contribution in [-0.4, -0.2) is 46.9 Å². The molecule has 0 unspecified atom stereocenters. The molecule has 0 bridgehead atoms. The van der Waals surface area contributed by atoms with Crippen LogP contribution in [0.4, 0.5) is 0 Å². The maximum atomic E-state index is 12.6. The minimum Gasteiger partial charge on any atom is -0.381 e. The van der Waals surface area contributed by atoms with E-state index in [0.717, 1.165) is 38.4 Å². The Morgan fingerprint density at radius 2 is 2.35 bits per heavy atom. The van der Waals surface area contributed by atoms with Gasteiger partial charge in [-0.25, -0.2) is 0 Å². The van der Waals surface area contributed by atoms with Gasteiger partial charge in [-0.15, -0.1) is 0 Å². The topological polar surface area (TPSA) is 47.4 Å². The number of aryl methyl sites for hydroxylation is 2. The second kappa shape index (κ2) is 6.39. The second-order valence-electron chi connectivity index (χ2n) is 6.13. The van der Waals surface area contributed by atoms with E-state index in [2.05, 4.69) is 18.9 Å². The quantitative estimate of drug-likeness (QED) is 0.826. The first-order valence-electron chi connectivity index (χ1n) is 7.35.